The summed E-state index contributed by atoms with van der Waals surface area (Å²) in [6.07, 6.45) is 3.96. The summed E-state index contributed by atoms with van der Waals surface area (Å²) in [4.78, 5) is 14.1. The Balaban J connectivity index is 1.75. The molecule has 1 aliphatic rings. The second-order valence-electron chi connectivity index (χ2n) is 5.71. The van der Waals surface area contributed by atoms with Crippen molar-refractivity contribution in [1.29, 1.82) is 0 Å². The monoisotopic (exact) mass is 306 g/mol. The van der Waals surface area contributed by atoms with Gasteiger partial charge in [-0.25, -0.2) is 0 Å². The Morgan fingerprint density at radius 1 is 1.41 bits per heavy atom. The van der Waals surface area contributed by atoms with Crippen molar-refractivity contribution in [2.24, 2.45) is 0 Å². The van der Waals surface area contributed by atoms with E-state index < -0.39 is 0 Å². The van der Waals surface area contributed by atoms with Gasteiger partial charge in [-0.1, -0.05) is 24.6 Å². The number of carbonyl (C=O) groups excluding carboxylic acids is 1. The van der Waals surface area contributed by atoms with Crippen molar-refractivity contribution in [3.05, 3.63) is 29.8 Å². The highest BCUT2D eigenvalue weighted by Crippen LogP contribution is 2.17. The van der Waals surface area contributed by atoms with E-state index in [9.17, 15) is 9.90 Å². The molecule has 1 amide bonds. The fourth-order valence-electron chi connectivity index (χ4n) is 2.96. The third kappa shape index (κ3) is 4.71. The molecule has 2 N–H and O–H groups in total. The third-order valence-electron chi connectivity index (χ3n) is 4.22. The fourth-order valence-corrected chi connectivity index (χ4v) is 2.96. The molecule has 0 spiro atoms. The Labute approximate surface area is 132 Å². The van der Waals surface area contributed by atoms with Crippen LogP contribution in [-0.2, 0) is 11.2 Å². The van der Waals surface area contributed by atoms with Gasteiger partial charge >= 0.3 is 0 Å². The van der Waals surface area contributed by atoms with Crippen molar-refractivity contribution in [3.63, 3.8) is 0 Å². The first-order valence-electron chi connectivity index (χ1n) is 7.98. The van der Waals surface area contributed by atoms with Crippen LogP contribution in [0.1, 0.15) is 24.8 Å². The van der Waals surface area contributed by atoms with Crippen molar-refractivity contribution >= 4 is 5.91 Å². The predicted octanol–water partition coefficient (Wildman–Crippen LogP) is 1.20. The van der Waals surface area contributed by atoms with Gasteiger partial charge in [-0.15, -0.1) is 0 Å². The van der Waals surface area contributed by atoms with E-state index in [4.69, 9.17) is 4.74 Å². The largest absolute Gasteiger partial charge is 0.496 e. The smallest absolute Gasteiger partial charge is 0.234 e. The molecule has 0 aromatic heterocycles. The second-order valence-corrected chi connectivity index (χ2v) is 5.71. The lowest BCUT2D eigenvalue weighted by molar-refractivity contribution is -0.123. The average molecular weight is 306 g/mol. The van der Waals surface area contributed by atoms with Gasteiger partial charge in [-0.2, -0.15) is 0 Å². The molecule has 1 aliphatic heterocycles. The van der Waals surface area contributed by atoms with Crippen LogP contribution in [0, 0.1) is 0 Å². The van der Waals surface area contributed by atoms with Gasteiger partial charge in [0.05, 0.1) is 20.3 Å². The number of nitrogens with zero attached hydrogens (tertiary/aromatic N) is 1. The van der Waals surface area contributed by atoms with Crippen molar-refractivity contribution in [2.75, 3.05) is 33.4 Å². The van der Waals surface area contributed by atoms with Crippen LogP contribution >= 0.6 is 0 Å². The normalized spacial score (nSPS) is 18.9. The first kappa shape index (κ1) is 16.8. The van der Waals surface area contributed by atoms with Crippen LogP contribution in [-0.4, -0.2) is 55.3 Å². The number of likely N-dealkylation sites (tertiary alicyclic amines) is 1. The number of ether oxygens (including phenoxy) is 1. The number of nitrogens with one attached hydrogen (secondary N) is 1. The summed E-state index contributed by atoms with van der Waals surface area (Å²) in [6, 6.07) is 7.98. The lowest BCUT2D eigenvalue weighted by Crippen LogP contribution is -2.47. The quantitative estimate of drug-likeness (QED) is 0.795. The molecular weight excluding hydrogens is 280 g/mol. The fraction of sp³-hybridized carbons (Fsp3) is 0.588. The zero-order chi connectivity index (χ0) is 15.8. The number of hydrogen-bond acceptors (Lipinski definition) is 4. The van der Waals surface area contributed by atoms with Crippen molar-refractivity contribution in [1.82, 2.24) is 10.2 Å². The molecule has 2 rings (SSSR count). The molecule has 1 saturated heterocycles. The van der Waals surface area contributed by atoms with Crippen molar-refractivity contribution in [2.45, 2.75) is 31.7 Å². The number of carbonyl (C=O) groups is 1. The van der Waals surface area contributed by atoms with E-state index in [1.807, 2.05) is 24.3 Å². The van der Waals surface area contributed by atoms with E-state index in [-0.39, 0.29) is 18.6 Å². The molecule has 5 nitrogen and oxygen atoms in total. The SMILES string of the molecule is COc1ccccc1CCNC(=O)CN1CCCCC1CO. The first-order valence-corrected chi connectivity index (χ1v) is 7.98. The summed E-state index contributed by atoms with van der Waals surface area (Å²) < 4.78 is 5.30. The Bertz CT molecular complexity index is 479. The number of amides is 1. The molecular formula is C17H26N2O3. The molecule has 0 saturated carbocycles. The van der Waals surface area contributed by atoms with Crippen LogP contribution in [0.3, 0.4) is 0 Å². The van der Waals surface area contributed by atoms with Crippen LogP contribution in [0.15, 0.2) is 24.3 Å². The van der Waals surface area contributed by atoms with E-state index in [0.29, 0.717) is 13.1 Å². The number of para-hydroxylation sites is 1. The Kier molecular flexibility index (Phi) is 6.68. The molecule has 22 heavy (non-hydrogen) atoms. The van der Waals surface area contributed by atoms with Gasteiger partial charge in [-0.3, -0.25) is 9.69 Å². The molecule has 1 heterocycles. The van der Waals surface area contributed by atoms with E-state index in [1.165, 1.54) is 0 Å². The number of hydrogen-bond donors (Lipinski definition) is 2. The summed E-state index contributed by atoms with van der Waals surface area (Å²) in [5.41, 5.74) is 1.09. The summed E-state index contributed by atoms with van der Waals surface area (Å²) >= 11 is 0. The minimum absolute atomic E-state index is 0.0234. The highest BCUT2D eigenvalue weighted by atomic mass is 16.5. The van der Waals surface area contributed by atoms with Gasteiger partial charge in [0, 0.05) is 12.6 Å². The number of piperidine rings is 1. The van der Waals surface area contributed by atoms with Crippen molar-refractivity contribution in [3.8, 4) is 5.75 Å². The summed E-state index contributed by atoms with van der Waals surface area (Å²) in [5, 5.41) is 12.3. The minimum atomic E-state index is 0.0234. The number of benzene rings is 1. The molecule has 1 aromatic carbocycles. The van der Waals surface area contributed by atoms with Gasteiger partial charge in [0.1, 0.15) is 5.75 Å². The van der Waals surface area contributed by atoms with E-state index in [2.05, 4.69) is 10.2 Å². The maximum absolute atomic E-state index is 12.1. The standard InChI is InChI=1S/C17H26N2O3/c1-22-16-8-3-2-6-14(16)9-10-18-17(21)12-19-11-5-4-7-15(19)13-20/h2-3,6,8,15,20H,4-5,7,9-13H2,1H3,(H,18,21). The molecule has 1 fully saturated rings. The molecule has 1 atom stereocenters. The topological polar surface area (TPSA) is 61.8 Å². The lowest BCUT2D eigenvalue weighted by atomic mass is 10.0. The maximum Gasteiger partial charge on any atom is 0.234 e. The number of aliphatic hydroxyl groups is 1. The van der Waals surface area contributed by atoms with Gasteiger partial charge < -0.3 is 15.2 Å². The molecule has 1 unspecified atom stereocenters. The molecule has 1 aromatic rings. The summed E-state index contributed by atoms with van der Waals surface area (Å²) in [6.45, 7) is 1.99. The zero-order valence-electron chi connectivity index (χ0n) is 13.3. The number of methoxy groups -OCH3 is 1. The van der Waals surface area contributed by atoms with Crippen molar-refractivity contribution < 1.29 is 14.6 Å². The van der Waals surface area contributed by atoms with Crippen LogP contribution < -0.4 is 10.1 Å². The van der Waals surface area contributed by atoms with Crippen LogP contribution in [0.2, 0.25) is 0 Å². The Morgan fingerprint density at radius 3 is 3.00 bits per heavy atom. The lowest BCUT2D eigenvalue weighted by Gasteiger charge is -2.33. The number of rotatable bonds is 7. The Hall–Kier alpha value is -1.59. The van der Waals surface area contributed by atoms with E-state index in [1.54, 1.807) is 7.11 Å². The highest BCUT2D eigenvalue weighted by molar-refractivity contribution is 5.78. The summed E-state index contributed by atoms with van der Waals surface area (Å²) in [5.74, 6) is 0.878. The van der Waals surface area contributed by atoms with Gasteiger partial charge in [0.2, 0.25) is 5.91 Å². The maximum atomic E-state index is 12.1. The second kappa shape index (κ2) is 8.76. The molecule has 0 aliphatic carbocycles. The van der Waals surface area contributed by atoms with Gasteiger partial charge in [0.25, 0.3) is 0 Å². The van der Waals surface area contributed by atoms with E-state index >= 15 is 0 Å². The van der Waals surface area contributed by atoms with E-state index in [0.717, 1.165) is 43.5 Å². The Morgan fingerprint density at radius 2 is 2.23 bits per heavy atom. The van der Waals surface area contributed by atoms with Gasteiger partial charge in [-0.05, 0) is 37.4 Å². The van der Waals surface area contributed by atoms with Crippen LogP contribution in [0.5, 0.6) is 5.75 Å². The molecule has 122 valence electrons. The molecule has 0 bridgehead atoms. The van der Waals surface area contributed by atoms with Gasteiger partial charge in [0.15, 0.2) is 0 Å². The highest BCUT2D eigenvalue weighted by Gasteiger charge is 2.23. The number of aliphatic hydroxyl groups excluding tert-OH is 1. The summed E-state index contributed by atoms with van der Waals surface area (Å²) in [7, 11) is 1.66. The zero-order valence-corrected chi connectivity index (χ0v) is 13.3. The molecule has 5 heteroatoms. The molecule has 0 radical (unpaired) electrons. The predicted molar refractivity (Wildman–Crippen MR) is 86.0 cm³/mol. The minimum Gasteiger partial charge on any atom is -0.496 e. The first-order chi connectivity index (χ1) is 10.7. The average Bonchev–Trinajstić information content (AvgIpc) is 2.55. The van der Waals surface area contributed by atoms with Crippen LogP contribution in [0.25, 0.3) is 0 Å². The third-order valence-corrected chi connectivity index (χ3v) is 4.22. The van der Waals surface area contributed by atoms with Crippen LogP contribution in [0.4, 0.5) is 0 Å².